The van der Waals surface area contributed by atoms with Crippen LogP contribution in [0.4, 0.5) is 5.82 Å². The van der Waals surface area contributed by atoms with Crippen molar-refractivity contribution in [3.8, 4) is 11.4 Å². The first-order valence-electron chi connectivity index (χ1n) is 5.12. The van der Waals surface area contributed by atoms with Gasteiger partial charge < -0.3 is 9.88 Å². The zero-order chi connectivity index (χ0) is 11.1. The van der Waals surface area contributed by atoms with Gasteiger partial charge in [0.05, 0.1) is 5.82 Å². The Balaban J connectivity index is 2.40. The minimum atomic E-state index is 0.499. The number of rotatable bonds is 0. The molecule has 16 heavy (non-hydrogen) atoms. The molecule has 0 aliphatic carbocycles. The molecule has 78 valence electrons. The summed E-state index contributed by atoms with van der Waals surface area (Å²) in [6.45, 7) is 1.75. The van der Waals surface area contributed by atoms with Crippen LogP contribution in [0.15, 0.2) is 17.3 Å². The van der Waals surface area contributed by atoms with Crippen molar-refractivity contribution < 1.29 is 0 Å². The number of aromatic nitrogens is 3. The van der Waals surface area contributed by atoms with Gasteiger partial charge in [0, 0.05) is 31.9 Å². The largest absolute Gasteiger partial charge is 0.370 e. The monoisotopic (exact) mass is 211 g/mol. The van der Waals surface area contributed by atoms with Crippen LogP contribution in [0, 0.1) is 0 Å². The summed E-state index contributed by atoms with van der Waals surface area (Å²) >= 11 is 0. The van der Waals surface area contributed by atoms with Gasteiger partial charge in [0.25, 0.3) is 0 Å². The maximum atomic E-state index is 5.95. The Morgan fingerprint density at radius 2 is 2.44 bits per heavy atom. The zero-order valence-electron chi connectivity index (χ0n) is 8.94. The van der Waals surface area contributed by atoms with Gasteiger partial charge in [0.1, 0.15) is 13.7 Å². The smallest absolute Gasteiger partial charge is 0.246 e. The van der Waals surface area contributed by atoms with E-state index in [9.17, 15) is 0 Å². The number of pyridine rings is 1. The Hall–Kier alpha value is -1.85. The highest BCUT2D eigenvalue weighted by atomic mass is 15.2. The number of nitrogens with zero attached hydrogens (tertiary/aromatic N) is 4. The van der Waals surface area contributed by atoms with E-state index in [4.69, 9.17) is 7.85 Å². The van der Waals surface area contributed by atoms with Crippen LogP contribution in [0.2, 0.25) is 0 Å². The Bertz CT molecular complexity index is 589. The fraction of sp³-hybridized carbons (Fsp3) is 0.300. The summed E-state index contributed by atoms with van der Waals surface area (Å²) in [7, 11) is 7.63. The molecule has 3 heterocycles. The van der Waals surface area contributed by atoms with Gasteiger partial charge in [-0.25, -0.2) is 4.98 Å². The van der Waals surface area contributed by atoms with Crippen molar-refractivity contribution in [2.24, 2.45) is 4.99 Å². The third-order valence-electron chi connectivity index (χ3n) is 2.72. The van der Waals surface area contributed by atoms with Gasteiger partial charge in [-0.15, -0.1) is 0 Å². The van der Waals surface area contributed by atoms with E-state index in [0.29, 0.717) is 5.62 Å². The first-order valence-corrected chi connectivity index (χ1v) is 5.12. The van der Waals surface area contributed by atoms with Gasteiger partial charge in [0.2, 0.25) is 5.62 Å². The summed E-state index contributed by atoms with van der Waals surface area (Å²) in [4.78, 5) is 12.5. The van der Waals surface area contributed by atoms with Crippen molar-refractivity contribution in [3.05, 3.63) is 17.9 Å². The molecule has 0 aromatic heterocycles. The fourth-order valence-electron chi connectivity index (χ4n) is 2.00. The van der Waals surface area contributed by atoms with Crippen LogP contribution in [0.3, 0.4) is 0 Å². The Labute approximate surface area is 94.0 Å². The highest BCUT2D eigenvalue weighted by Gasteiger charge is 2.18. The molecule has 0 saturated carbocycles. The molecular formula is C10H10BN5. The van der Waals surface area contributed by atoms with E-state index in [1.165, 1.54) is 0 Å². The van der Waals surface area contributed by atoms with Gasteiger partial charge in [-0.1, -0.05) is 11.5 Å². The average Bonchev–Trinajstić information content (AvgIpc) is 2.78. The molecule has 0 amide bonds. The molecule has 3 aliphatic rings. The molecule has 0 saturated heterocycles. The summed E-state index contributed by atoms with van der Waals surface area (Å²) in [6.07, 6.45) is 1.76. The lowest BCUT2D eigenvalue weighted by atomic mass is 9.94. The summed E-state index contributed by atoms with van der Waals surface area (Å²) in [5.41, 5.74) is 2.17. The highest BCUT2D eigenvalue weighted by Crippen LogP contribution is 2.22. The van der Waals surface area contributed by atoms with Crippen LogP contribution in [-0.2, 0) is 6.54 Å². The van der Waals surface area contributed by atoms with Crippen LogP contribution in [0.25, 0.3) is 11.4 Å². The molecule has 0 atom stereocenters. The number of hydrogen-bond acceptors (Lipinski definition) is 4. The van der Waals surface area contributed by atoms with E-state index in [1.807, 2.05) is 6.07 Å². The van der Waals surface area contributed by atoms with E-state index in [1.54, 1.807) is 13.2 Å². The number of hydrogen-bond donors (Lipinski definition) is 1. The summed E-state index contributed by atoms with van der Waals surface area (Å²) in [5, 5.41) is 3.24. The SMILES string of the molecule is [B]c1cc2cnc(=NC)nc-2n2c1NCC2. The number of fused-ring (bicyclic) bond motifs is 3. The standard InChI is InChI=1S/C10H10BN5/c1-12-10-14-5-6-4-7(11)9-13-2-3-16(9)8(6)15-10/h4-5,13H,2-3H2,1H3. The quantitative estimate of drug-likeness (QED) is 0.576. The van der Waals surface area contributed by atoms with Gasteiger partial charge >= 0.3 is 0 Å². The van der Waals surface area contributed by atoms with E-state index in [2.05, 4.69) is 24.8 Å². The fourth-order valence-corrected chi connectivity index (χ4v) is 2.00. The van der Waals surface area contributed by atoms with E-state index >= 15 is 0 Å². The normalized spacial score (nSPS) is 15.2. The van der Waals surface area contributed by atoms with Gasteiger partial charge in [0.15, 0.2) is 0 Å². The molecule has 6 heteroatoms. The van der Waals surface area contributed by atoms with Crippen molar-refractivity contribution in [2.75, 3.05) is 18.9 Å². The van der Waals surface area contributed by atoms with Crippen LogP contribution in [0.1, 0.15) is 0 Å². The molecule has 0 bridgehead atoms. The molecule has 1 N–H and O–H groups in total. The second kappa shape index (κ2) is 3.33. The van der Waals surface area contributed by atoms with Crippen LogP contribution in [-0.4, -0.2) is 36.0 Å². The van der Waals surface area contributed by atoms with Crippen molar-refractivity contribution in [1.29, 1.82) is 0 Å². The van der Waals surface area contributed by atoms with Crippen LogP contribution < -0.4 is 16.4 Å². The van der Waals surface area contributed by atoms with Crippen LogP contribution >= 0.6 is 0 Å². The molecule has 2 radical (unpaired) electrons. The Morgan fingerprint density at radius 3 is 3.25 bits per heavy atom. The molecular weight excluding hydrogens is 201 g/mol. The summed E-state index contributed by atoms with van der Waals surface area (Å²) in [6, 6.07) is 1.89. The molecule has 0 fully saturated rings. The maximum Gasteiger partial charge on any atom is 0.246 e. The zero-order valence-corrected chi connectivity index (χ0v) is 8.94. The first-order chi connectivity index (χ1) is 7.79. The van der Waals surface area contributed by atoms with E-state index in [0.717, 1.165) is 35.8 Å². The summed E-state index contributed by atoms with van der Waals surface area (Å²) in [5.74, 6) is 1.82. The minimum absolute atomic E-state index is 0.499. The molecule has 0 aromatic carbocycles. The molecule has 3 rings (SSSR count). The predicted molar refractivity (Wildman–Crippen MR) is 62.0 cm³/mol. The first kappa shape index (κ1) is 9.39. The van der Waals surface area contributed by atoms with E-state index < -0.39 is 0 Å². The highest BCUT2D eigenvalue weighted by molar-refractivity contribution is 6.36. The van der Waals surface area contributed by atoms with Gasteiger partial charge in [-0.2, -0.15) is 4.98 Å². The number of anilines is 1. The van der Waals surface area contributed by atoms with Gasteiger partial charge in [-0.05, 0) is 0 Å². The Morgan fingerprint density at radius 1 is 1.56 bits per heavy atom. The molecule has 3 aliphatic heterocycles. The number of nitrogens with one attached hydrogen (secondary N) is 1. The van der Waals surface area contributed by atoms with Crippen molar-refractivity contribution in [2.45, 2.75) is 6.54 Å². The molecule has 0 spiro atoms. The second-order valence-corrected chi connectivity index (χ2v) is 3.70. The van der Waals surface area contributed by atoms with Crippen molar-refractivity contribution >= 4 is 19.1 Å². The molecule has 0 unspecified atom stereocenters. The lowest BCUT2D eigenvalue weighted by Crippen LogP contribution is -2.21. The second-order valence-electron chi connectivity index (χ2n) is 3.70. The van der Waals surface area contributed by atoms with Crippen LogP contribution in [0.5, 0.6) is 0 Å². The third kappa shape index (κ3) is 1.22. The molecule has 5 nitrogen and oxygen atoms in total. The van der Waals surface area contributed by atoms with Crippen molar-refractivity contribution in [3.63, 3.8) is 0 Å². The Kier molecular flexibility index (Phi) is 1.95. The van der Waals surface area contributed by atoms with Gasteiger partial charge in [-0.3, -0.25) is 4.99 Å². The molecule has 0 aromatic rings. The minimum Gasteiger partial charge on any atom is -0.370 e. The summed E-state index contributed by atoms with van der Waals surface area (Å²) < 4.78 is 2.07. The lowest BCUT2D eigenvalue weighted by molar-refractivity contribution is 0.780. The topological polar surface area (TPSA) is 55.1 Å². The third-order valence-corrected chi connectivity index (χ3v) is 2.72. The van der Waals surface area contributed by atoms with Crippen molar-refractivity contribution in [1.82, 2.24) is 14.5 Å². The lowest BCUT2D eigenvalue weighted by Gasteiger charge is -2.14. The predicted octanol–water partition coefficient (Wildman–Crippen LogP) is -0.867. The van der Waals surface area contributed by atoms with E-state index in [-0.39, 0.29) is 0 Å². The maximum absolute atomic E-state index is 5.95. The average molecular weight is 211 g/mol.